The number of rotatable bonds is 6. The normalized spacial score (nSPS) is 27.4. The van der Waals surface area contributed by atoms with Crippen LogP contribution >= 0.6 is 0 Å². The summed E-state index contributed by atoms with van der Waals surface area (Å²) in [7, 11) is 0. The first-order valence-corrected chi connectivity index (χ1v) is 10.5. The minimum Gasteiger partial charge on any atom is -0.350 e. The van der Waals surface area contributed by atoms with E-state index in [0.717, 1.165) is 17.5 Å². The highest BCUT2D eigenvalue weighted by Crippen LogP contribution is 2.52. The maximum atomic E-state index is 13.3. The topological polar surface area (TPSA) is 66.5 Å². The van der Waals surface area contributed by atoms with Crippen LogP contribution in [0, 0.1) is 23.7 Å². The summed E-state index contributed by atoms with van der Waals surface area (Å²) in [6.07, 6.45) is 5.34. The summed E-state index contributed by atoms with van der Waals surface area (Å²) in [5.74, 6) is -0.988. The molecule has 30 heavy (non-hydrogen) atoms. The van der Waals surface area contributed by atoms with Gasteiger partial charge in [0.25, 0.3) is 0 Å². The van der Waals surface area contributed by atoms with Crippen molar-refractivity contribution in [2.75, 3.05) is 0 Å². The first-order chi connectivity index (χ1) is 14.6. The fraction of sp³-hybridized carbons (Fsp3) is 0.320. The highest BCUT2D eigenvalue weighted by Gasteiger charge is 2.61. The number of carbonyl (C=O) groups excluding carboxylic acids is 3. The van der Waals surface area contributed by atoms with Crippen LogP contribution in [0.4, 0.5) is 0 Å². The summed E-state index contributed by atoms with van der Waals surface area (Å²) < 4.78 is 0. The van der Waals surface area contributed by atoms with Gasteiger partial charge >= 0.3 is 0 Å². The number of hydrogen-bond donors (Lipinski definition) is 1. The molecule has 5 rings (SSSR count). The third kappa shape index (κ3) is 3.15. The molecule has 1 saturated carbocycles. The second-order valence-corrected chi connectivity index (χ2v) is 8.46. The van der Waals surface area contributed by atoms with Gasteiger partial charge in [-0.05, 0) is 29.4 Å². The molecule has 1 N–H and O–H groups in total. The van der Waals surface area contributed by atoms with Gasteiger partial charge in [-0.15, -0.1) is 0 Å². The van der Waals surface area contributed by atoms with Crippen LogP contribution in [0.3, 0.4) is 0 Å². The van der Waals surface area contributed by atoms with Gasteiger partial charge in [0.2, 0.25) is 17.7 Å². The second kappa shape index (κ2) is 7.56. The van der Waals surface area contributed by atoms with Crippen LogP contribution in [0.2, 0.25) is 0 Å². The van der Waals surface area contributed by atoms with E-state index in [9.17, 15) is 14.4 Å². The third-order valence-electron chi connectivity index (χ3n) is 6.70. The van der Waals surface area contributed by atoms with Crippen LogP contribution in [0.15, 0.2) is 72.8 Å². The van der Waals surface area contributed by atoms with E-state index >= 15 is 0 Å². The van der Waals surface area contributed by atoms with Crippen LogP contribution in [-0.2, 0) is 27.3 Å². The van der Waals surface area contributed by atoms with Crippen LogP contribution in [0.5, 0.6) is 0 Å². The van der Waals surface area contributed by atoms with Gasteiger partial charge in [0, 0.05) is 13.0 Å². The Hall–Kier alpha value is -3.21. The molecular formula is C25H24N2O3. The van der Waals surface area contributed by atoms with Crippen LogP contribution in [-0.4, -0.2) is 28.7 Å². The Balaban J connectivity index is 1.40. The summed E-state index contributed by atoms with van der Waals surface area (Å²) in [6.45, 7) is 0.362. The van der Waals surface area contributed by atoms with Crippen LogP contribution in [0.1, 0.15) is 17.5 Å². The Kier molecular flexibility index (Phi) is 4.74. The number of benzene rings is 2. The van der Waals surface area contributed by atoms with Crippen molar-refractivity contribution >= 4 is 17.7 Å². The molecule has 0 aromatic heterocycles. The highest BCUT2D eigenvalue weighted by atomic mass is 16.2. The summed E-state index contributed by atoms with van der Waals surface area (Å²) in [4.78, 5) is 41.1. The first-order valence-electron chi connectivity index (χ1n) is 10.5. The maximum Gasteiger partial charge on any atom is 0.243 e. The minimum atomic E-state index is -0.832. The van der Waals surface area contributed by atoms with E-state index in [1.165, 1.54) is 4.90 Å². The van der Waals surface area contributed by atoms with Crippen molar-refractivity contribution in [1.29, 1.82) is 0 Å². The molecule has 0 spiro atoms. The molecule has 0 unspecified atom stereocenters. The molecule has 3 aliphatic rings. The number of hydrogen-bond acceptors (Lipinski definition) is 3. The number of amides is 3. The molecule has 1 aliphatic heterocycles. The van der Waals surface area contributed by atoms with Crippen molar-refractivity contribution in [1.82, 2.24) is 10.2 Å². The number of carbonyl (C=O) groups is 3. The van der Waals surface area contributed by atoms with E-state index < -0.39 is 6.04 Å². The fourth-order valence-electron chi connectivity index (χ4n) is 5.27. The molecular weight excluding hydrogens is 376 g/mol. The standard InChI is InChI=1S/C25H24N2O3/c28-23(26-15-17-9-5-2-6-10-17)20(13-16-7-3-1-4-8-16)27-24(29)21-18-11-12-19(14-18)22(21)25(27)30/h1-12,18-22H,13-15H2,(H,26,28)/t18-,19-,20+,21-,22+/m0/s1. The monoisotopic (exact) mass is 400 g/mol. The molecule has 2 fully saturated rings. The van der Waals surface area contributed by atoms with Gasteiger partial charge in [-0.1, -0.05) is 72.8 Å². The average molecular weight is 400 g/mol. The van der Waals surface area contributed by atoms with Gasteiger partial charge in [-0.3, -0.25) is 19.3 Å². The Morgan fingerprint density at radius 3 is 1.97 bits per heavy atom. The van der Waals surface area contributed by atoms with E-state index in [1.807, 2.05) is 60.7 Å². The minimum absolute atomic E-state index is 0.131. The molecule has 5 heteroatoms. The van der Waals surface area contributed by atoms with Crippen molar-refractivity contribution in [3.63, 3.8) is 0 Å². The second-order valence-electron chi connectivity index (χ2n) is 8.46. The number of nitrogens with one attached hydrogen (secondary N) is 1. The molecule has 0 radical (unpaired) electrons. The zero-order chi connectivity index (χ0) is 20.7. The van der Waals surface area contributed by atoms with Gasteiger partial charge in [0.05, 0.1) is 11.8 Å². The quantitative estimate of drug-likeness (QED) is 0.599. The van der Waals surface area contributed by atoms with Crippen molar-refractivity contribution in [3.8, 4) is 0 Å². The molecule has 1 heterocycles. The Bertz CT molecular complexity index is 972. The summed E-state index contributed by atoms with van der Waals surface area (Å²) in [6, 6.07) is 18.4. The lowest BCUT2D eigenvalue weighted by atomic mass is 9.85. The maximum absolute atomic E-state index is 13.3. The summed E-state index contributed by atoms with van der Waals surface area (Å²) in [5.41, 5.74) is 1.90. The molecule has 2 aromatic rings. The van der Waals surface area contributed by atoms with Crippen molar-refractivity contribution in [2.24, 2.45) is 23.7 Å². The van der Waals surface area contributed by atoms with E-state index in [4.69, 9.17) is 0 Å². The summed E-state index contributed by atoms with van der Waals surface area (Å²) >= 11 is 0. The number of allylic oxidation sites excluding steroid dienone is 2. The molecule has 2 bridgehead atoms. The Morgan fingerprint density at radius 1 is 0.867 bits per heavy atom. The molecule has 2 aromatic carbocycles. The lowest BCUT2D eigenvalue weighted by Gasteiger charge is -2.27. The molecule has 3 amide bonds. The van der Waals surface area contributed by atoms with Gasteiger partial charge in [0.1, 0.15) is 6.04 Å². The number of likely N-dealkylation sites (tertiary alicyclic amines) is 1. The smallest absolute Gasteiger partial charge is 0.243 e. The predicted molar refractivity (Wildman–Crippen MR) is 112 cm³/mol. The number of fused-ring (bicyclic) bond motifs is 5. The SMILES string of the molecule is O=C(NCc1ccccc1)[C@@H](Cc1ccccc1)N1C(=O)[C@@H]2[C@H](C1=O)[C@H]1C=C[C@H]2C1. The van der Waals surface area contributed by atoms with E-state index in [2.05, 4.69) is 17.5 Å². The lowest BCUT2D eigenvalue weighted by molar-refractivity contribution is -0.148. The molecule has 1 saturated heterocycles. The van der Waals surface area contributed by atoms with E-state index in [-0.39, 0.29) is 41.4 Å². The zero-order valence-electron chi connectivity index (χ0n) is 16.6. The molecule has 5 nitrogen and oxygen atoms in total. The van der Waals surface area contributed by atoms with Gasteiger partial charge in [0.15, 0.2) is 0 Å². The van der Waals surface area contributed by atoms with Crippen molar-refractivity contribution in [3.05, 3.63) is 83.9 Å². The van der Waals surface area contributed by atoms with Crippen LogP contribution < -0.4 is 5.32 Å². The van der Waals surface area contributed by atoms with Gasteiger partial charge < -0.3 is 5.32 Å². The van der Waals surface area contributed by atoms with Gasteiger partial charge in [-0.25, -0.2) is 0 Å². The lowest BCUT2D eigenvalue weighted by Crippen LogP contribution is -2.51. The average Bonchev–Trinajstić information content (AvgIpc) is 3.46. The molecule has 2 aliphatic carbocycles. The highest BCUT2D eigenvalue weighted by molar-refractivity contribution is 6.09. The van der Waals surface area contributed by atoms with E-state index in [0.29, 0.717) is 13.0 Å². The molecule has 5 atom stereocenters. The first kappa shape index (κ1) is 18.8. The largest absolute Gasteiger partial charge is 0.350 e. The third-order valence-corrected chi connectivity index (χ3v) is 6.70. The fourth-order valence-corrected chi connectivity index (χ4v) is 5.27. The van der Waals surface area contributed by atoms with Crippen molar-refractivity contribution < 1.29 is 14.4 Å². The Morgan fingerprint density at radius 2 is 1.40 bits per heavy atom. The Labute approximate surface area is 175 Å². The molecule has 152 valence electrons. The predicted octanol–water partition coefficient (Wildman–Crippen LogP) is 2.72. The van der Waals surface area contributed by atoms with Gasteiger partial charge in [-0.2, -0.15) is 0 Å². The van der Waals surface area contributed by atoms with E-state index in [1.54, 1.807) is 0 Å². The number of nitrogens with zero attached hydrogens (tertiary/aromatic N) is 1. The zero-order valence-corrected chi connectivity index (χ0v) is 16.6. The number of imide groups is 1. The van der Waals surface area contributed by atoms with Crippen LogP contribution in [0.25, 0.3) is 0 Å². The van der Waals surface area contributed by atoms with Crippen molar-refractivity contribution in [2.45, 2.75) is 25.4 Å². The summed E-state index contributed by atoms with van der Waals surface area (Å²) in [5, 5.41) is 2.94.